The highest BCUT2D eigenvalue weighted by Crippen LogP contribution is 2.15. The van der Waals surface area contributed by atoms with Crippen molar-refractivity contribution in [1.29, 1.82) is 0 Å². The molecule has 0 saturated carbocycles. The van der Waals surface area contributed by atoms with Gasteiger partial charge in [0, 0.05) is 18.1 Å². The van der Waals surface area contributed by atoms with Crippen molar-refractivity contribution < 1.29 is 4.79 Å². The molecule has 0 fully saturated rings. The molecule has 0 radical (unpaired) electrons. The van der Waals surface area contributed by atoms with Crippen molar-refractivity contribution in [3.05, 3.63) is 34.9 Å². The van der Waals surface area contributed by atoms with Gasteiger partial charge in [-0.2, -0.15) is 0 Å². The molecule has 0 aromatic heterocycles. The normalized spacial score (nSPS) is 12.4. The minimum absolute atomic E-state index is 0.322. The van der Waals surface area contributed by atoms with Crippen LogP contribution in [-0.2, 0) is 4.79 Å². The summed E-state index contributed by atoms with van der Waals surface area (Å²) in [5.74, 6) is 0. The van der Waals surface area contributed by atoms with Crippen LogP contribution in [0.1, 0.15) is 11.6 Å². The van der Waals surface area contributed by atoms with Crippen LogP contribution in [0.5, 0.6) is 0 Å². The van der Waals surface area contributed by atoms with E-state index < -0.39 is 0 Å². The number of hydrogen-bond acceptors (Lipinski definition) is 3. The van der Waals surface area contributed by atoms with E-state index in [-0.39, 0.29) is 6.04 Å². The van der Waals surface area contributed by atoms with Crippen LogP contribution in [0.3, 0.4) is 0 Å². The summed E-state index contributed by atoms with van der Waals surface area (Å²) < 4.78 is 0. The van der Waals surface area contributed by atoms with Crippen LogP contribution >= 0.6 is 11.6 Å². The summed E-state index contributed by atoms with van der Waals surface area (Å²) in [6, 6.07) is 6.89. The Morgan fingerprint density at radius 3 is 2.93 bits per heavy atom. The molecule has 1 atom stereocenters. The molecule has 1 rings (SSSR count). The maximum Gasteiger partial charge on any atom is 0.141 e. The standard InChI is InChI=1S/C10H13ClN2O/c11-9-3-1-2-8(6-9)10(7-14)13-5-4-12/h1-3,6-7,10,13H,4-5,12H2. The summed E-state index contributed by atoms with van der Waals surface area (Å²) in [7, 11) is 0. The molecule has 0 aliphatic rings. The summed E-state index contributed by atoms with van der Waals surface area (Å²) in [6.45, 7) is 1.11. The second-order valence-electron chi connectivity index (χ2n) is 2.91. The van der Waals surface area contributed by atoms with E-state index in [1.807, 2.05) is 12.1 Å². The lowest BCUT2D eigenvalue weighted by molar-refractivity contribution is -0.109. The van der Waals surface area contributed by atoms with Gasteiger partial charge in [-0.15, -0.1) is 0 Å². The number of hydrogen-bond donors (Lipinski definition) is 2. The van der Waals surface area contributed by atoms with Crippen LogP contribution in [-0.4, -0.2) is 19.4 Å². The highest BCUT2D eigenvalue weighted by atomic mass is 35.5. The Balaban J connectivity index is 2.73. The highest BCUT2D eigenvalue weighted by molar-refractivity contribution is 6.30. The zero-order valence-electron chi connectivity index (χ0n) is 7.74. The predicted octanol–water partition coefficient (Wildman–Crippen LogP) is 1.13. The van der Waals surface area contributed by atoms with E-state index in [1.54, 1.807) is 12.1 Å². The highest BCUT2D eigenvalue weighted by Gasteiger charge is 2.08. The topological polar surface area (TPSA) is 55.1 Å². The van der Waals surface area contributed by atoms with Gasteiger partial charge in [0.1, 0.15) is 6.29 Å². The maximum absolute atomic E-state index is 10.8. The monoisotopic (exact) mass is 212 g/mol. The van der Waals surface area contributed by atoms with Crippen molar-refractivity contribution in [2.24, 2.45) is 5.73 Å². The number of carbonyl (C=O) groups is 1. The Hall–Kier alpha value is -0.900. The van der Waals surface area contributed by atoms with Gasteiger partial charge in [-0.3, -0.25) is 0 Å². The molecule has 3 N–H and O–H groups in total. The Kier molecular flexibility index (Phi) is 4.59. The Bertz CT molecular complexity index is 304. The van der Waals surface area contributed by atoms with E-state index in [0.29, 0.717) is 18.1 Å². The number of halogens is 1. The van der Waals surface area contributed by atoms with Gasteiger partial charge < -0.3 is 15.8 Å². The fourth-order valence-corrected chi connectivity index (χ4v) is 1.38. The molecule has 0 aliphatic carbocycles. The van der Waals surface area contributed by atoms with Crippen molar-refractivity contribution in [1.82, 2.24) is 5.32 Å². The molecule has 4 heteroatoms. The molecule has 1 aromatic rings. The van der Waals surface area contributed by atoms with Crippen molar-refractivity contribution in [3.8, 4) is 0 Å². The van der Waals surface area contributed by atoms with Gasteiger partial charge in [-0.1, -0.05) is 23.7 Å². The Morgan fingerprint density at radius 1 is 1.57 bits per heavy atom. The SMILES string of the molecule is NCCNC(C=O)c1cccc(Cl)c1. The molecular weight excluding hydrogens is 200 g/mol. The average molecular weight is 213 g/mol. The van der Waals surface area contributed by atoms with E-state index in [0.717, 1.165) is 11.8 Å². The second kappa shape index (κ2) is 5.75. The largest absolute Gasteiger partial charge is 0.329 e. The lowest BCUT2D eigenvalue weighted by Crippen LogP contribution is -2.28. The summed E-state index contributed by atoms with van der Waals surface area (Å²) in [5, 5.41) is 3.64. The van der Waals surface area contributed by atoms with Crippen LogP contribution in [0.25, 0.3) is 0 Å². The first kappa shape index (κ1) is 11.2. The Labute approximate surface area is 88.2 Å². The summed E-state index contributed by atoms with van der Waals surface area (Å²) >= 11 is 5.81. The summed E-state index contributed by atoms with van der Waals surface area (Å²) in [6.07, 6.45) is 0.849. The van der Waals surface area contributed by atoms with Gasteiger partial charge in [0.05, 0.1) is 6.04 Å². The van der Waals surface area contributed by atoms with Crippen LogP contribution in [0.15, 0.2) is 24.3 Å². The van der Waals surface area contributed by atoms with Crippen molar-refractivity contribution >= 4 is 17.9 Å². The third-order valence-corrected chi connectivity index (χ3v) is 2.09. The van der Waals surface area contributed by atoms with Crippen molar-refractivity contribution in [3.63, 3.8) is 0 Å². The van der Waals surface area contributed by atoms with E-state index in [2.05, 4.69) is 5.32 Å². The maximum atomic E-state index is 10.8. The first-order valence-corrected chi connectivity index (χ1v) is 4.80. The van der Waals surface area contributed by atoms with Crippen LogP contribution in [0, 0.1) is 0 Å². The molecule has 0 amide bonds. The van der Waals surface area contributed by atoms with Crippen LogP contribution in [0.2, 0.25) is 5.02 Å². The molecule has 0 aliphatic heterocycles. The molecule has 0 bridgehead atoms. The van der Waals surface area contributed by atoms with E-state index >= 15 is 0 Å². The van der Waals surface area contributed by atoms with Gasteiger partial charge >= 0.3 is 0 Å². The molecule has 3 nitrogen and oxygen atoms in total. The summed E-state index contributed by atoms with van der Waals surface area (Å²) in [4.78, 5) is 10.8. The van der Waals surface area contributed by atoms with Gasteiger partial charge in [-0.25, -0.2) is 0 Å². The number of carbonyl (C=O) groups excluding carboxylic acids is 1. The summed E-state index contributed by atoms with van der Waals surface area (Å²) in [5.41, 5.74) is 6.20. The molecular formula is C10H13ClN2O. The van der Waals surface area contributed by atoms with Crippen LogP contribution < -0.4 is 11.1 Å². The fraction of sp³-hybridized carbons (Fsp3) is 0.300. The third kappa shape index (κ3) is 3.10. The number of rotatable bonds is 5. The molecule has 1 unspecified atom stereocenters. The molecule has 0 heterocycles. The minimum atomic E-state index is -0.322. The second-order valence-corrected chi connectivity index (χ2v) is 3.35. The molecule has 14 heavy (non-hydrogen) atoms. The third-order valence-electron chi connectivity index (χ3n) is 1.85. The van der Waals surface area contributed by atoms with Crippen molar-refractivity contribution in [2.45, 2.75) is 6.04 Å². The average Bonchev–Trinajstić information content (AvgIpc) is 2.19. The number of benzene rings is 1. The van der Waals surface area contributed by atoms with Gasteiger partial charge in [-0.05, 0) is 17.7 Å². The molecule has 0 spiro atoms. The zero-order chi connectivity index (χ0) is 10.4. The molecule has 0 saturated heterocycles. The quantitative estimate of drug-likeness (QED) is 0.720. The number of nitrogens with two attached hydrogens (primary N) is 1. The fourth-order valence-electron chi connectivity index (χ4n) is 1.18. The van der Waals surface area contributed by atoms with E-state index in [9.17, 15) is 4.79 Å². The first-order chi connectivity index (χ1) is 6.77. The predicted molar refractivity (Wildman–Crippen MR) is 57.3 cm³/mol. The van der Waals surface area contributed by atoms with Crippen LogP contribution in [0.4, 0.5) is 0 Å². The van der Waals surface area contributed by atoms with Gasteiger partial charge in [0.2, 0.25) is 0 Å². The first-order valence-electron chi connectivity index (χ1n) is 4.42. The van der Waals surface area contributed by atoms with Gasteiger partial charge in [0.15, 0.2) is 0 Å². The number of aldehydes is 1. The molecule has 1 aromatic carbocycles. The van der Waals surface area contributed by atoms with Crippen molar-refractivity contribution in [2.75, 3.05) is 13.1 Å². The number of nitrogens with one attached hydrogen (secondary N) is 1. The lowest BCUT2D eigenvalue weighted by Gasteiger charge is -2.12. The smallest absolute Gasteiger partial charge is 0.141 e. The van der Waals surface area contributed by atoms with Gasteiger partial charge in [0.25, 0.3) is 0 Å². The van der Waals surface area contributed by atoms with E-state index in [4.69, 9.17) is 17.3 Å². The van der Waals surface area contributed by atoms with E-state index in [1.165, 1.54) is 0 Å². The lowest BCUT2D eigenvalue weighted by atomic mass is 10.1. The minimum Gasteiger partial charge on any atom is -0.329 e. The molecule has 76 valence electrons. The Morgan fingerprint density at radius 2 is 2.36 bits per heavy atom. The zero-order valence-corrected chi connectivity index (χ0v) is 8.50.